The molecule has 0 radical (unpaired) electrons. The van der Waals surface area contributed by atoms with Crippen molar-refractivity contribution < 1.29 is 8.78 Å². The molecule has 0 saturated heterocycles. The number of fused-ring (bicyclic) bond motifs is 10. The summed E-state index contributed by atoms with van der Waals surface area (Å²) in [5.74, 6) is -1.58. The Morgan fingerprint density at radius 3 is 1.96 bits per heavy atom. The molecule has 1 aromatic heterocycles. The first kappa shape index (κ1) is 28.1. The molecule has 1 spiro atoms. The number of rotatable bonds is 4. The van der Waals surface area contributed by atoms with Gasteiger partial charge in [0.25, 0.3) is 0 Å². The zero-order valence-corrected chi connectivity index (χ0v) is 26.6. The molecule has 2 nitrogen and oxygen atoms in total. The third kappa shape index (κ3) is 3.86. The molecule has 1 heterocycles. The molecule has 2 aliphatic carbocycles. The second-order valence-corrected chi connectivity index (χ2v) is 13.1. The van der Waals surface area contributed by atoms with Crippen LogP contribution in [0.3, 0.4) is 0 Å². The Labute approximate surface area is 282 Å². The molecule has 0 fully saturated rings. The average molecular weight is 637 g/mol. The predicted octanol–water partition coefficient (Wildman–Crippen LogP) is 12.3. The van der Waals surface area contributed by atoms with Crippen molar-refractivity contribution in [1.29, 1.82) is 0 Å². The fraction of sp³-hybridized carbons (Fsp3) is 0.0667. The molecule has 4 heteroatoms. The molecule has 8 aromatic rings. The number of hydrogen-bond donors (Lipinski definition) is 0. The first-order valence-corrected chi connectivity index (χ1v) is 16.8. The smallest absolute Gasteiger partial charge is 0.166 e. The van der Waals surface area contributed by atoms with Gasteiger partial charge in [0.2, 0.25) is 0 Å². The Morgan fingerprint density at radius 1 is 0.531 bits per heavy atom. The molecule has 10 rings (SSSR count). The van der Waals surface area contributed by atoms with E-state index in [1.54, 1.807) is 0 Å². The highest BCUT2D eigenvalue weighted by molar-refractivity contribution is 6.16. The van der Waals surface area contributed by atoms with Crippen LogP contribution in [0.1, 0.15) is 24.0 Å². The number of nitrogens with zero attached hydrogens (tertiary/aromatic N) is 2. The zero-order chi connectivity index (χ0) is 32.7. The van der Waals surface area contributed by atoms with E-state index < -0.39 is 17.0 Å². The minimum atomic E-state index is -0.813. The highest BCUT2D eigenvalue weighted by Gasteiger charge is 2.46. The van der Waals surface area contributed by atoms with E-state index in [-0.39, 0.29) is 0 Å². The standard InChI is InChI=1S/C45H30F2N2/c46-37-25-24-35-42(43(37)47)41-33-20-8-7-18-31(33)40(28-36(41)45(35)26-11-12-27-45)48(29-14-3-1-4-15-29)39-23-13-21-34-32-19-9-10-22-38(32)49(44(34)39)30-16-5-2-6-17-30/h1-25,28H,26-27H2. The number of anilines is 3. The summed E-state index contributed by atoms with van der Waals surface area (Å²) in [5, 5.41) is 4.23. The lowest BCUT2D eigenvalue weighted by Gasteiger charge is -2.31. The lowest BCUT2D eigenvalue weighted by Crippen LogP contribution is -2.22. The second kappa shape index (κ2) is 10.5. The van der Waals surface area contributed by atoms with Gasteiger partial charge in [0.05, 0.1) is 22.4 Å². The van der Waals surface area contributed by atoms with Crippen molar-refractivity contribution in [3.8, 4) is 16.8 Å². The van der Waals surface area contributed by atoms with Gasteiger partial charge in [-0.1, -0.05) is 109 Å². The molecule has 0 aliphatic heterocycles. The number of benzene rings is 7. The van der Waals surface area contributed by atoms with Gasteiger partial charge in [-0.15, -0.1) is 0 Å². The molecule has 0 amide bonds. The van der Waals surface area contributed by atoms with Crippen molar-refractivity contribution in [2.24, 2.45) is 0 Å². The molecular formula is C45H30F2N2. The van der Waals surface area contributed by atoms with Gasteiger partial charge >= 0.3 is 0 Å². The van der Waals surface area contributed by atoms with Crippen molar-refractivity contribution in [3.05, 3.63) is 181 Å². The number of aromatic nitrogens is 1. The Kier molecular flexibility index (Phi) is 6.01. The van der Waals surface area contributed by atoms with Gasteiger partial charge in [-0.25, -0.2) is 8.78 Å². The molecule has 0 atom stereocenters. The molecule has 0 bridgehead atoms. The van der Waals surface area contributed by atoms with E-state index in [0.29, 0.717) is 5.56 Å². The zero-order valence-electron chi connectivity index (χ0n) is 26.6. The fourth-order valence-corrected chi connectivity index (χ4v) is 8.63. The van der Waals surface area contributed by atoms with Crippen molar-refractivity contribution in [1.82, 2.24) is 4.57 Å². The maximum Gasteiger partial charge on any atom is 0.166 e. The first-order valence-electron chi connectivity index (χ1n) is 16.8. The van der Waals surface area contributed by atoms with Gasteiger partial charge in [0, 0.05) is 38.5 Å². The summed E-state index contributed by atoms with van der Waals surface area (Å²) < 4.78 is 33.4. The van der Waals surface area contributed by atoms with Crippen LogP contribution in [0.2, 0.25) is 0 Å². The van der Waals surface area contributed by atoms with Crippen LogP contribution in [0.5, 0.6) is 0 Å². The summed E-state index contributed by atoms with van der Waals surface area (Å²) >= 11 is 0. The van der Waals surface area contributed by atoms with Crippen LogP contribution < -0.4 is 4.90 Å². The van der Waals surface area contributed by atoms with E-state index in [4.69, 9.17) is 0 Å². The summed E-state index contributed by atoms with van der Waals surface area (Å²) in [6.45, 7) is 0. The average Bonchev–Trinajstić information content (AvgIpc) is 3.85. The molecule has 0 unspecified atom stereocenters. The monoisotopic (exact) mass is 636 g/mol. The largest absolute Gasteiger partial charge is 0.308 e. The van der Waals surface area contributed by atoms with Crippen LogP contribution in [0.4, 0.5) is 25.8 Å². The summed E-state index contributed by atoms with van der Waals surface area (Å²) in [7, 11) is 0. The highest BCUT2D eigenvalue weighted by Crippen LogP contribution is 2.60. The number of para-hydroxylation sites is 4. The van der Waals surface area contributed by atoms with Crippen LogP contribution in [0.15, 0.2) is 158 Å². The summed E-state index contributed by atoms with van der Waals surface area (Å²) in [4.78, 5) is 2.36. The summed E-state index contributed by atoms with van der Waals surface area (Å²) in [6.07, 6.45) is 5.84. The summed E-state index contributed by atoms with van der Waals surface area (Å²) in [5.41, 5.74) is 8.99. The van der Waals surface area contributed by atoms with Crippen molar-refractivity contribution in [3.63, 3.8) is 0 Å². The third-order valence-electron chi connectivity index (χ3n) is 10.7. The lowest BCUT2D eigenvalue weighted by atomic mass is 9.75. The van der Waals surface area contributed by atoms with Gasteiger partial charge < -0.3 is 9.47 Å². The Morgan fingerprint density at radius 2 is 1.18 bits per heavy atom. The number of hydrogen-bond acceptors (Lipinski definition) is 1. The number of allylic oxidation sites excluding steroid dienone is 2. The molecular weight excluding hydrogens is 607 g/mol. The van der Waals surface area contributed by atoms with E-state index in [1.807, 2.05) is 30.3 Å². The predicted molar refractivity (Wildman–Crippen MR) is 197 cm³/mol. The maximum absolute atomic E-state index is 16.0. The first-order chi connectivity index (χ1) is 24.2. The normalized spacial score (nSPS) is 14.2. The minimum absolute atomic E-state index is 0.402. The van der Waals surface area contributed by atoms with E-state index in [9.17, 15) is 0 Å². The topological polar surface area (TPSA) is 8.17 Å². The van der Waals surface area contributed by atoms with E-state index in [2.05, 4.69) is 131 Å². The molecule has 234 valence electrons. The Hall–Kier alpha value is -6.00. The molecule has 49 heavy (non-hydrogen) atoms. The molecule has 0 saturated carbocycles. The number of halogens is 2. The maximum atomic E-state index is 16.0. The SMILES string of the molecule is Fc1ccc2c(c1F)-c1c(cc(N(c3ccccc3)c3cccc4c5ccccc5n(-c5ccccc5)c34)c3ccccc13)C21CC=CC1. The van der Waals surface area contributed by atoms with Crippen LogP contribution in [-0.2, 0) is 5.41 Å². The van der Waals surface area contributed by atoms with Gasteiger partial charge in [0.15, 0.2) is 11.6 Å². The minimum Gasteiger partial charge on any atom is -0.308 e. The molecule has 7 aromatic carbocycles. The van der Waals surface area contributed by atoms with Crippen molar-refractivity contribution >= 4 is 49.6 Å². The van der Waals surface area contributed by atoms with Crippen LogP contribution in [0.25, 0.3) is 49.4 Å². The lowest BCUT2D eigenvalue weighted by molar-refractivity contribution is 0.505. The van der Waals surface area contributed by atoms with E-state index in [0.717, 1.165) is 79.5 Å². The van der Waals surface area contributed by atoms with Crippen molar-refractivity contribution in [2.45, 2.75) is 18.3 Å². The van der Waals surface area contributed by atoms with Gasteiger partial charge in [-0.05, 0) is 83.4 Å². The van der Waals surface area contributed by atoms with Gasteiger partial charge in [0.1, 0.15) is 0 Å². The Balaban J connectivity index is 1.35. The van der Waals surface area contributed by atoms with Crippen LogP contribution >= 0.6 is 0 Å². The van der Waals surface area contributed by atoms with Gasteiger partial charge in [-0.2, -0.15) is 0 Å². The second-order valence-electron chi connectivity index (χ2n) is 13.1. The fourth-order valence-electron chi connectivity index (χ4n) is 8.63. The van der Waals surface area contributed by atoms with Crippen molar-refractivity contribution in [2.75, 3.05) is 4.90 Å². The van der Waals surface area contributed by atoms with E-state index >= 15 is 8.78 Å². The van der Waals surface area contributed by atoms with E-state index in [1.165, 1.54) is 11.5 Å². The van der Waals surface area contributed by atoms with Crippen LogP contribution in [0, 0.1) is 11.6 Å². The summed E-state index contributed by atoms with van der Waals surface area (Å²) in [6, 6.07) is 49.7. The third-order valence-corrected chi connectivity index (χ3v) is 10.7. The molecule has 0 N–H and O–H groups in total. The Bertz CT molecular complexity index is 2630. The quantitative estimate of drug-likeness (QED) is 0.175. The molecule has 2 aliphatic rings. The highest BCUT2D eigenvalue weighted by atomic mass is 19.2. The van der Waals surface area contributed by atoms with Crippen LogP contribution in [-0.4, -0.2) is 4.57 Å². The van der Waals surface area contributed by atoms with Gasteiger partial charge in [-0.3, -0.25) is 0 Å².